The van der Waals surface area contributed by atoms with E-state index < -0.39 is 6.09 Å². The Morgan fingerprint density at radius 3 is 2.76 bits per heavy atom. The number of ether oxygens (including phenoxy) is 2. The van der Waals surface area contributed by atoms with Gasteiger partial charge in [-0.05, 0) is 18.2 Å². The second-order valence-electron chi connectivity index (χ2n) is 3.85. The summed E-state index contributed by atoms with van der Waals surface area (Å²) in [5, 5.41) is 9.96. The fourth-order valence-corrected chi connectivity index (χ4v) is 1.65. The van der Waals surface area contributed by atoms with Crippen LogP contribution in [0.1, 0.15) is 10.6 Å². The number of hydrogen-bond acceptors (Lipinski definition) is 7. The molecule has 1 N–H and O–H groups in total. The van der Waals surface area contributed by atoms with Crippen molar-refractivity contribution in [1.29, 1.82) is 0 Å². The number of furan rings is 1. The highest BCUT2D eigenvalue weighted by molar-refractivity contribution is 5.86. The Hall–Kier alpha value is -2.87. The second kappa shape index (κ2) is 6.06. The van der Waals surface area contributed by atoms with Gasteiger partial charge in [0.15, 0.2) is 12.0 Å². The lowest BCUT2D eigenvalue weighted by atomic mass is 10.2. The Balaban J connectivity index is 2.47. The van der Waals surface area contributed by atoms with Gasteiger partial charge >= 0.3 is 6.09 Å². The summed E-state index contributed by atoms with van der Waals surface area (Å²) in [6, 6.07) is 4.44. The molecule has 0 saturated heterocycles. The van der Waals surface area contributed by atoms with E-state index in [2.05, 4.69) is 9.72 Å². The van der Waals surface area contributed by atoms with Gasteiger partial charge in [-0.25, -0.2) is 9.78 Å². The standard InChI is InChI=1S/C13H12N2O6/c1-19-12-10(11-4-3-9(7-16)21-11)5-8(6-14-12)15(18)13(17)20-2/h3-7,18H,1-2H3. The van der Waals surface area contributed by atoms with Crippen LogP contribution in [-0.2, 0) is 4.74 Å². The molecule has 0 aliphatic carbocycles. The molecule has 0 radical (unpaired) electrons. The molecule has 0 aliphatic heterocycles. The summed E-state index contributed by atoms with van der Waals surface area (Å²) in [6.45, 7) is 0. The van der Waals surface area contributed by atoms with E-state index in [0.717, 1.165) is 7.11 Å². The minimum Gasteiger partial charge on any atom is -0.480 e. The van der Waals surface area contributed by atoms with Crippen molar-refractivity contribution >= 4 is 18.1 Å². The molecule has 0 fully saturated rings. The van der Waals surface area contributed by atoms with Crippen LogP contribution in [0.15, 0.2) is 28.8 Å². The number of carbonyl (C=O) groups excluding carboxylic acids is 2. The van der Waals surface area contributed by atoms with Crippen LogP contribution >= 0.6 is 0 Å². The summed E-state index contributed by atoms with van der Waals surface area (Å²) in [6.07, 6.45) is 0.809. The number of anilines is 1. The second-order valence-corrected chi connectivity index (χ2v) is 3.85. The van der Waals surface area contributed by atoms with Crippen LogP contribution in [0.2, 0.25) is 0 Å². The first-order chi connectivity index (χ1) is 10.1. The van der Waals surface area contributed by atoms with E-state index >= 15 is 0 Å². The fourth-order valence-electron chi connectivity index (χ4n) is 1.65. The highest BCUT2D eigenvalue weighted by atomic mass is 16.6. The number of aldehydes is 1. The average Bonchev–Trinajstić information content (AvgIpc) is 3.01. The maximum absolute atomic E-state index is 11.3. The molecular formula is C13H12N2O6. The molecule has 0 bridgehead atoms. The number of methoxy groups -OCH3 is 2. The smallest absolute Gasteiger partial charge is 0.438 e. The summed E-state index contributed by atoms with van der Waals surface area (Å²) in [5.41, 5.74) is 0.424. The van der Waals surface area contributed by atoms with Gasteiger partial charge in [-0.15, -0.1) is 0 Å². The molecule has 2 aromatic heterocycles. The number of aromatic nitrogens is 1. The highest BCUT2D eigenvalue weighted by Gasteiger charge is 2.18. The average molecular weight is 292 g/mol. The maximum Gasteiger partial charge on any atom is 0.438 e. The zero-order valence-corrected chi connectivity index (χ0v) is 11.3. The zero-order chi connectivity index (χ0) is 15.4. The molecule has 8 nitrogen and oxygen atoms in total. The van der Waals surface area contributed by atoms with Gasteiger partial charge < -0.3 is 13.9 Å². The van der Waals surface area contributed by atoms with E-state index in [1.54, 1.807) is 6.07 Å². The van der Waals surface area contributed by atoms with Gasteiger partial charge in [0.2, 0.25) is 5.88 Å². The van der Waals surface area contributed by atoms with Crippen molar-refractivity contribution in [3.8, 4) is 17.2 Å². The highest BCUT2D eigenvalue weighted by Crippen LogP contribution is 2.32. The SMILES string of the molecule is COC(=O)N(O)c1cnc(OC)c(-c2ccc(C=O)o2)c1. The first-order valence-corrected chi connectivity index (χ1v) is 5.77. The van der Waals surface area contributed by atoms with Crippen LogP contribution in [-0.4, -0.2) is 36.8 Å². The first-order valence-electron chi connectivity index (χ1n) is 5.77. The maximum atomic E-state index is 11.3. The third-order valence-corrected chi connectivity index (χ3v) is 2.63. The van der Waals surface area contributed by atoms with E-state index in [4.69, 9.17) is 9.15 Å². The van der Waals surface area contributed by atoms with E-state index in [1.165, 1.54) is 25.4 Å². The Morgan fingerprint density at radius 1 is 1.43 bits per heavy atom. The molecule has 2 rings (SSSR count). The lowest BCUT2D eigenvalue weighted by Crippen LogP contribution is -2.26. The summed E-state index contributed by atoms with van der Waals surface area (Å²) < 4.78 is 14.8. The van der Waals surface area contributed by atoms with Crippen molar-refractivity contribution in [3.63, 3.8) is 0 Å². The molecule has 0 saturated carbocycles. The number of hydrogen-bond donors (Lipinski definition) is 1. The van der Waals surface area contributed by atoms with Gasteiger partial charge in [-0.2, -0.15) is 5.06 Å². The first kappa shape index (κ1) is 14.5. The van der Waals surface area contributed by atoms with Gasteiger partial charge in [0.25, 0.3) is 0 Å². The van der Waals surface area contributed by atoms with Crippen LogP contribution in [0.25, 0.3) is 11.3 Å². The predicted molar refractivity (Wildman–Crippen MR) is 70.5 cm³/mol. The van der Waals surface area contributed by atoms with Crippen molar-refractivity contribution in [2.24, 2.45) is 0 Å². The molecule has 2 aromatic rings. The molecule has 8 heteroatoms. The minimum absolute atomic E-state index is 0.0571. The normalized spacial score (nSPS) is 10.0. The molecule has 1 amide bonds. The number of amides is 1. The number of rotatable bonds is 4. The topological polar surface area (TPSA) is 102 Å². The third kappa shape index (κ3) is 2.84. The summed E-state index contributed by atoms with van der Waals surface area (Å²) >= 11 is 0. The van der Waals surface area contributed by atoms with Gasteiger partial charge in [-0.1, -0.05) is 0 Å². The molecule has 110 valence electrons. The van der Waals surface area contributed by atoms with Crippen molar-refractivity contribution < 1.29 is 28.7 Å². The van der Waals surface area contributed by atoms with Crippen molar-refractivity contribution in [2.45, 2.75) is 0 Å². The Morgan fingerprint density at radius 2 is 2.19 bits per heavy atom. The summed E-state index contributed by atoms with van der Waals surface area (Å²) in [4.78, 5) is 25.9. The molecule has 21 heavy (non-hydrogen) atoms. The number of pyridine rings is 1. The molecule has 0 aromatic carbocycles. The van der Waals surface area contributed by atoms with E-state index in [9.17, 15) is 14.8 Å². The molecule has 2 heterocycles. The van der Waals surface area contributed by atoms with E-state index in [0.29, 0.717) is 22.7 Å². The van der Waals surface area contributed by atoms with Crippen LogP contribution in [0.5, 0.6) is 5.88 Å². The van der Waals surface area contributed by atoms with Gasteiger partial charge in [0, 0.05) is 0 Å². The predicted octanol–water partition coefficient (Wildman–Crippen LogP) is 2.12. The Labute approximate surface area is 119 Å². The lowest BCUT2D eigenvalue weighted by molar-refractivity contribution is 0.110. The van der Waals surface area contributed by atoms with Crippen molar-refractivity contribution in [3.05, 3.63) is 30.2 Å². The molecule has 0 atom stereocenters. The summed E-state index contributed by atoms with van der Waals surface area (Å²) in [7, 11) is 2.54. The van der Waals surface area contributed by atoms with Gasteiger partial charge in [-0.3, -0.25) is 10.0 Å². The number of nitrogens with zero attached hydrogens (tertiary/aromatic N) is 2. The Kier molecular flexibility index (Phi) is 4.19. The van der Waals surface area contributed by atoms with Crippen LogP contribution in [0.3, 0.4) is 0 Å². The molecule has 0 aliphatic rings. The number of carbonyl (C=O) groups is 2. The third-order valence-electron chi connectivity index (χ3n) is 2.63. The molecule has 0 unspecified atom stereocenters. The van der Waals surface area contributed by atoms with E-state index in [1.807, 2.05) is 0 Å². The van der Waals surface area contributed by atoms with Crippen molar-refractivity contribution in [1.82, 2.24) is 4.98 Å². The van der Waals surface area contributed by atoms with Crippen LogP contribution in [0.4, 0.5) is 10.5 Å². The fraction of sp³-hybridized carbons (Fsp3) is 0.154. The van der Waals surface area contributed by atoms with Gasteiger partial charge in [0.05, 0.1) is 31.7 Å². The summed E-state index contributed by atoms with van der Waals surface area (Å²) in [5.74, 6) is 0.650. The van der Waals surface area contributed by atoms with Gasteiger partial charge in [0.1, 0.15) is 5.76 Å². The Bertz CT molecular complexity index is 666. The quantitative estimate of drug-likeness (QED) is 0.523. The van der Waals surface area contributed by atoms with E-state index in [-0.39, 0.29) is 17.3 Å². The largest absolute Gasteiger partial charge is 0.480 e. The monoisotopic (exact) mass is 292 g/mol. The van der Waals surface area contributed by atoms with Crippen LogP contribution in [0, 0.1) is 0 Å². The minimum atomic E-state index is -0.971. The molecule has 0 spiro atoms. The zero-order valence-electron chi connectivity index (χ0n) is 11.3. The van der Waals surface area contributed by atoms with Crippen molar-refractivity contribution in [2.75, 3.05) is 19.3 Å². The van der Waals surface area contributed by atoms with Crippen LogP contribution < -0.4 is 9.80 Å². The molecular weight excluding hydrogens is 280 g/mol. The number of hydroxylamine groups is 1. The lowest BCUT2D eigenvalue weighted by Gasteiger charge is -2.14.